The molecule has 0 spiro atoms. The lowest BCUT2D eigenvalue weighted by Crippen LogP contribution is -2.43. The zero-order chi connectivity index (χ0) is 29.1. The topological polar surface area (TPSA) is 48.5 Å². The van der Waals surface area contributed by atoms with E-state index in [-0.39, 0.29) is 5.69 Å². The third-order valence-corrected chi connectivity index (χ3v) is 7.74. The van der Waals surface area contributed by atoms with Gasteiger partial charge in [-0.1, -0.05) is 37.0 Å². The number of rotatable bonds is 4. The van der Waals surface area contributed by atoms with Gasteiger partial charge < -0.3 is 10.2 Å². The van der Waals surface area contributed by atoms with Crippen LogP contribution in [0.4, 0.5) is 18.9 Å². The van der Waals surface area contributed by atoms with E-state index in [1.165, 1.54) is 6.07 Å². The second-order valence-electron chi connectivity index (χ2n) is 11.0. The molecule has 1 saturated heterocycles. The van der Waals surface area contributed by atoms with E-state index in [9.17, 15) is 18.0 Å². The Kier molecular flexibility index (Phi) is 8.30. The maximum Gasteiger partial charge on any atom is 0.416 e. The van der Waals surface area contributed by atoms with Crippen LogP contribution in [-0.4, -0.2) is 53.9 Å². The number of halogens is 3. The van der Waals surface area contributed by atoms with Crippen LogP contribution in [0.3, 0.4) is 0 Å². The highest BCUT2D eigenvalue weighted by atomic mass is 19.4. The standard InChI is InChI=1S/C33H33F3N4O/c1-22-7-8-26(17-25(22)9-10-27-19-37-20-31-23(2)5-4-6-30(27)31)32(41)38-29-16-24(15-28(18-29)33(34,35)36)21-40-13-11-39(3)12-14-40/h4,6-8,15-20,23H,5,11-14,21H2,1-3H3,(H,38,41). The van der Waals surface area contributed by atoms with Gasteiger partial charge in [-0.2, -0.15) is 13.2 Å². The Hall–Kier alpha value is -3.93. The van der Waals surface area contributed by atoms with E-state index in [4.69, 9.17) is 0 Å². The molecule has 1 aliphatic carbocycles. The number of pyridine rings is 1. The number of anilines is 1. The van der Waals surface area contributed by atoms with Crippen molar-refractivity contribution in [2.24, 2.45) is 0 Å². The summed E-state index contributed by atoms with van der Waals surface area (Å²) >= 11 is 0. The van der Waals surface area contributed by atoms with Gasteiger partial charge in [0.05, 0.1) is 11.1 Å². The first-order valence-electron chi connectivity index (χ1n) is 13.8. The largest absolute Gasteiger partial charge is 0.416 e. The van der Waals surface area contributed by atoms with Gasteiger partial charge in [-0.25, -0.2) is 0 Å². The first-order valence-corrected chi connectivity index (χ1v) is 13.8. The molecule has 5 rings (SSSR count). The van der Waals surface area contributed by atoms with Gasteiger partial charge in [0, 0.05) is 61.9 Å². The van der Waals surface area contributed by atoms with Crippen molar-refractivity contribution < 1.29 is 18.0 Å². The molecular formula is C33H33F3N4O. The summed E-state index contributed by atoms with van der Waals surface area (Å²) in [7, 11) is 2.03. The van der Waals surface area contributed by atoms with Crippen molar-refractivity contribution in [1.29, 1.82) is 0 Å². The van der Waals surface area contributed by atoms with E-state index < -0.39 is 17.6 Å². The maximum absolute atomic E-state index is 13.7. The van der Waals surface area contributed by atoms with Crippen molar-refractivity contribution in [2.75, 3.05) is 38.5 Å². The molecule has 5 nitrogen and oxygen atoms in total. The number of hydrogen-bond donors (Lipinski definition) is 1. The van der Waals surface area contributed by atoms with Crippen LogP contribution < -0.4 is 5.32 Å². The number of benzene rings is 2. The number of aromatic nitrogens is 1. The van der Waals surface area contributed by atoms with E-state index in [1.807, 2.05) is 20.2 Å². The molecule has 1 N–H and O–H groups in total. The predicted octanol–water partition coefficient (Wildman–Crippen LogP) is 6.33. The summed E-state index contributed by atoms with van der Waals surface area (Å²) in [5, 5.41) is 2.69. The summed E-state index contributed by atoms with van der Waals surface area (Å²) in [6.07, 6.45) is 4.28. The summed E-state index contributed by atoms with van der Waals surface area (Å²) in [6.45, 7) is 7.73. The molecular weight excluding hydrogens is 525 g/mol. The van der Waals surface area contributed by atoms with Crippen molar-refractivity contribution in [2.45, 2.75) is 38.9 Å². The maximum atomic E-state index is 13.7. The van der Waals surface area contributed by atoms with Gasteiger partial charge in [0.25, 0.3) is 5.91 Å². The number of aryl methyl sites for hydroxylation is 1. The van der Waals surface area contributed by atoms with Gasteiger partial charge in [0.1, 0.15) is 0 Å². The number of nitrogens with zero attached hydrogens (tertiary/aromatic N) is 3. The molecule has 0 bridgehead atoms. The zero-order valence-corrected chi connectivity index (χ0v) is 23.5. The second-order valence-corrected chi connectivity index (χ2v) is 11.0. The average Bonchev–Trinajstić information content (AvgIpc) is 2.93. The quantitative estimate of drug-likeness (QED) is 0.381. The van der Waals surface area contributed by atoms with E-state index in [0.717, 1.165) is 60.9 Å². The summed E-state index contributed by atoms with van der Waals surface area (Å²) in [4.78, 5) is 21.9. The summed E-state index contributed by atoms with van der Waals surface area (Å²) in [5.74, 6) is 6.27. The number of piperazine rings is 1. The fourth-order valence-corrected chi connectivity index (χ4v) is 5.20. The van der Waals surface area contributed by atoms with E-state index in [0.29, 0.717) is 29.2 Å². The molecule has 1 atom stereocenters. The van der Waals surface area contributed by atoms with Crippen LogP contribution in [0.15, 0.2) is 54.9 Å². The number of nitrogens with one attached hydrogen (secondary N) is 1. The fraction of sp³-hybridized carbons (Fsp3) is 0.333. The normalized spacial score (nSPS) is 17.5. The average molecular weight is 559 g/mol. The smallest absolute Gasteiger partial charge is 0.322 e. The second kappa shape index (κ2) is 11.9. The van der Waals surface area contributed by atoms with Gasteiger partial charge in [-0.3, -0.25) is 14.7 Å². The highest BCUT2D eigenvalue weighted by Crippen LogP contribution is 2.33. The molecule has 1 aliphatic heterocycles. The summed E-state index contributed by atoms with van der Waals surface area (Å²) in [5.41, 5.74) is 4.77. The number of alkyl halides is 3. The third kappa shape index (κ3) is 6.87. The minimum atomic E-state index is -4.53. The van der Waals surface area contributed by atoms with Crippen LogP contribution in [0.2, 0.25) is 0 Å². The van der Waals surface area contributed by atoms with Crippen LogP contribution in [-0.2, 0) is 12.7 Å². The minimum absolute atomic E-state index is 0.116. The van der Waals surface area contributed by atoms with Crippen molar-refractivity contribution in [1.82, 2.24) is 14.8 Å². The van der Waals surface area contributed by atoms with Crippen LogP contribution in [0, 0.1) is 18.8 Å². The Labute approximate surface area is 239 Å². The summed E-state index contributed by atoms with van der Waals surface area (Å²) in [6, 6.07) is 8.91. The number of hydrogen-bond acceptors (Lipinski definition) is 4. The molecule has 1 unspecified atom stereocenters. The lowest BCUT2D eigenvalue weighted by Gasteiger charge is -2.32. The molecule has 2 aliphatic rings. The van der Waals surface area contributed by atoms with Gasteiger partial charge in [-0.05, 0) is 78.9 Å². The molecule has 1 fully saturated rings. The molecule has 2 aromatic carbocycles. The Bertz CT molecular complexity index is 1540. The lowest BCUT2D eigenvalue weighted by molar-refractivity contribution is -0.137. The molecule has 2 heterocycles. The first-order chi connectivity index (χ1) is 19.6. The van der Waals surface area contributed by atoms with E-state index >= 15 is 0 Å². The molecule has 41 heavy (non-hydrogen) atoms. The number of allylic oxidation sites excluding steroid dienone is 1. The number of amides is 1. The monoisotopic (exact) mass is 558 g/mol. The van der Waals surface area contributed by atoms with Gasteiger partial charge in [0.15, 0.2) is 0 Å². The summed E-state index contributed by atoms with van der Waals surface area (Å²) < 4.78 is 41.2. The number of carbonyl (C=O) groups is 1. The Morgan fingerprint density at radius 1 is 1.05 bits per heavy atom. The lowest BCUT2D eigenvalue weighted by atomic mass is 9.88. The molecule has 212 valence electrons. The predicted molar refractivity (Wildman–Crippen MR) is 156 cm³/mol. The Morgan fingerprint density at radius 3 is 2.56 bits per heavy atom. The van der Waals surface area contributed by atoms with Crippen molar-refractivity contribution in [3.05, 3.63) is 99.4 Å². The molecule has 0 saturated carbocycles. The van der Waals surface area contributed by atoms with Crippen LogP contribution in [0.25, 0.3) is 6.08 Å². The third-order valence-electron chi connectivity index (χ3n) is 7.74. The van der Waals surface area contributed by atoms with Crippen LogP contribution >= 0.6 is 0 Å². The minimum Gasteiger partial charge on any atom is -0.322 e. The highest BCUT2D eigenvalue weighted by Gasteiger charge is 2.31. The van der Waals surface area contributed by atoms with Crippen molar-refractivity contribution in [3.8, 4) is 11.8 Å². The number of carbonyl (C=O) groups excluding carboxylic acids is 1. The Balaban J connectivity index is 1.38. The molecule has 1 aromatic heterocycles. The van der Waals surface area contributed by atoms with E-state index in [2.05, 4.69) is 51.0 Å². The Morgan fingerprint density at radius 2 is 1.80 bits per heavy atom. The fourth-order valence-electron chi connectivity index (χ4n) is 5.20. The van der Waals surface area contributed by atoms with Crippen molar-refractivity contribution >= 4 is 17.7 Å². The SMILES string of the molecule is Cc1ccc(C(=O)Nc2cc(CN3CCN(C)CC3)cc(C(F)(F)F)c2)cc1C#Cc1cncc2c1C=CCC2C. The molecule has 0 radical (unpaired) electrons. The zero-order valence-electron chi connectivity index (χ0n) is 23.5. The molecule has 1 amide bonds. The van der Waals surface area contributed by atoms with Crippen LogP contribution in [0.1, 0.15) is 68.6 Å². The number of fused-ring (bicyclic) bond motifs is 1. The molecule has 3 aromatic rings. The van der Waals surface area contributed by atoms with Crippen molar-refractivity contribution in [3.63, 3.8) is 0 Å². The van der Waals surface area contributed by atoms with Gasteiger partial charge >= 0.3 is 6.18 Å². The first kappa shape index (κ1) is 28.6. The van der Waals surface area contributed by atoms with Gasteiger partial charge in [0.2, 0.25) is 0 Å². The van der Waals surface area contributed by atoms with Crippen LogP contribution in [0.5, 0.6) is 0 Å². The van der Waals surface area contributed by atoms with E-state index in [1.54, 1.807) is 30.5 Å². The highest BCUT2D eigenvalue weighted by molar-refractivity contribution is 6.04. The van der Waals surface area contributed by atoms with Gasteiger partial charge in [-0.15, -0.1) is 0 Å². The number of likely N-dealkylation sites (N-methyl/N-ethyl adjacent to an activating group) is 1. The molecule has 8 heteroatoms.